The molecular weight excluding hydrogens is 753 g/mol. The third-order valence-electron chi connectivity index (χ3n) is 12.7. The molecule has 3 aliphatic rings. The zero-order valence-electron chi connectivity index (χ0n) is 38.8. The Kier molecular flexibility index (Phi) is 10.2. The highest BCUT2D eigenvalue weighted by molar-refractivity contribution is 5.64. The lowest BCUT2D eigenvalue weighted by molar-refractivity contribution is -0.159. The molecular formula is C52H68O8. The molecule has 60 heavy (non-hydrogen) atoms. The van der Waals surface area contributed by atoms with E-state index in [9.17, 15) is 20.4 Å². The number of ether oxygens (including phenoxy) is 4. The first kappa shape index (κ1) is 44.0. The molecule has 8 heteroatoms. The monoisotopic (exact) mass is 820 g/mol. The quantitative estimate of drug-likeness (QED) is 0.161. The van der Waals surface area contributed by atoms with Gasteiger partial charge in [0.05, 0.1) is 6.61 Å². The molecule has 0 saturated carbocycles. The van der Waals surface area contributed by atoms with Crippen molar-refractivity contribution in [3.8, 4) is 23.0 Å². The highest BCUT2D eigenvalue weighted by Crippen LogP contribution is 2.63. The van der Waals surface area contributed by atoms with Crippen LogP contribution in [0.2, 0.25) is 0 Å². The van der Waals surface area contributed by atoms with Crippen molar-refractivity contribution in [1.29, 1.82) is 0 Å². The Morgan fingerprint density at radius 2 is 0.933 bits per heavy atom. The molecule has 4 aromatic carbocycles. The number of phenols is 4. The Bertz CT molecular complexity index is 2290. The molecule has 2 fully saturated rings. The van der Waals surface area contributed by atoms with E-state index in [1.165, 1.54) is 0 Å². The number of rotatable bonds is 4. The van der Waals surface area contributed by atoms with Gasteiger partial charge in [0.25, 0.3) is 0 Å². The first-order valence-corrected chi connectivity index (χ1v) is 21.5. The molecule has 2 unspecified atom stereocenters. The summed E-state index contributed by atoms with van der Waals surface area (Å²) in [5, 5.41) is 49.8. The molecule has 4 aromatic rings. The fourth-order valence-electron chi connectivity index (χ4n) is 9.01. The van der Waals surface area contributed by atoms with Gasteiger partial charge in [0.2, 0.25) is 0 Å². The smallest absolute Gasteiger partial charge is 0.165 e. The van der Waals surface area contributed by atoms with Crippen LogP contribution in [0.5, 0.6) is 23.0 Å². The Labute approximate surface area is 357 Å². The van der Waals surface area contributed by atoms with Crippen LogP contribution in [0.15, 0.2) is 48.5 Å². The number of hydrogen-bond donors (Lipinski definition) is 4. The molecule has 8 nitrogen and oxygen atoms in total. The minimum absolute atomic E-state index is 0.0159. The maximum absolute atomic E-state index is 12.9. The number of benzene rings is 4. The predicted molar refractivity (Wildman–Crippen MR) is 236 cm³/mol. The van der Waals surface area contributed by atoms with Gasteiger partial charge >= 0.3 is 0 Å². The third kappa shape index (κ3) is 7.71. The summed E-state index contributed by atoms with van der Waals surface area (Å²) in [7, 11) is 0. The Morgan fingerprint density at radius 1 is 0.517 bits per heavy atom. The van der Waals surface area contributed by atoms with Gasteiger partial charge in [-0.05, 0) is 118 Å². The van der Waals surface area contributed by atoms with Crippen LogP contribution in [-0.4, -0.2) is 38.6 Å². The summed E-state index contributed by atoms with van der Waals surface area (Å²) in [4.78, 5) is 0. The number of aromatic hydroxyl groups is 4. The fourth-order valence-corrected chi connectivity index (χ4v) is 9.01. The van der Waals surface area contributed by atoms with Gasteiger partial charge < -0.3 is 39.4 Å². The van der Waals surface area contributed by atoms with Crippen molar-refractivity contribution < 1.29 is 39.4 Å². The Morgan fingerprint density at radius 3 is 1.35 bits per heavy atom. The molecule has 324 valence electrons. The molecule has 0 amide bonds. The van der Waals surface area contributed by atoms with E-state index >= 15 is 0 Å². The molecule has 0 radical (unpaired) electrons. The van der Waals surface area contributed by atoms with E-state index in [1.54, 1.807) is 0 Å². The molecule has 2 heterocycles. The molecule has 1 aliphatic carbocycles. The van der Waals surface area contributed by atoms with Crippen molar-refractivity contribution >= 4 is 0 Å². The Hall–Kier alpha value is -4.08. The lowest BCUT2D eigenvalue weighted by Crippen LogP contribution is -2.37. The van der Waals surface area contributed by atoms with E-state index < -0.39 is 29.4 Å². The molecule has 2 aliphatic heterocycles. The van der Waals surface area contributed by atoms with Crippen LogP contribution < -0.4 is 0 Å². The summed E-state index contributed by atoms with van der Waals surface area (Å²) < 4.78 is 26.5. The zero-order chi connectivity index (χ0) is 44.5. The molecule has 0 aromatic heterocycles. The minimum atomic E-state index is -1.62. The van der Waals surface area contributed by atoms with Gasteiger partial charge in [0.15, 0.2) is 17.2 Å². The maximum Gasteiger partial charge on any atom is 0.165 e. The summed E-state index contributed by atoms with van der Waals surface area (Å²) in [6, 6.07) is 16.1. The van der Waals surface area contributed by atoms with Gasteiger partial charge in [-0.3, -0.25) is 0 Å². The third-order valence-corrected chi connectivity index (χ3v) is 12.7. The lowest BCUT2D eigenvalue weighted by atomic mass is 9.70. The van der Waals surface area contributed by atoms with Crippen LogP contribution in [0.1, 0.15) is 190 Å². The number of hydrogen-bond acceptors (Lipinski definition) is 8. The van der Waals surface area contributed by atoms with Crippen LogP contribution in [0, 0.1) is 0 Å². The summed E-state index contributed by atoms with van der Waals surface area (Å²) in [6.45, 7) is 33.3. The van der Waals surface area contributed by atoms with E-state index in [0.29, 0.717) is 57.5 Å². The van der Waals surface area contributed by atoms with Crippen molar-refractivity contribution in [2.45, 2.75) is 175 Å². The molecule has 4 N–H and O–H groups in total. The summed E-state index contributed by atoms with van der Waals surface area (Å²) in [5.41, 5.74) is 5.69. The van der Waals surface area contributed by atoms with Crippen LogP contribution in [0.25, 0.3) is 0 Å². The highest BCUT2D eigenvalue weighted by atomic mass is 16.8. The standard InChI is InChI=1S/C52H68O8/c1-46(2,3)32-19-28(41(53)36(23-32)40-27-57-50(13,14)58-40)17-29-20-33(47(4,5)6)24-37(42(29)54)45-52(60-51(15,16)59-45)38-25-34(48(7,8)9)21-30(43(38)55)18-31-22-35(49(10,11)12)26-39(52)44(31)56/h19-26,40,45,53-56H,17-18,27H2,1-16H3. The van der Waals surface area contributed by atoms with Crippen LogP contribution in [0.4, 0.5) is 0 Å². The fraction of sp³-hybridized carbons (Fsp3) is 0.538. The molecule has 1 spiro atoms. The number of phenolic OH excluding ortho intramolecular Hbond substituents is 4. The van der Waals surface area contributed by atoms with E-state index in [0.717, 1.165) is 22.3 Å². The maximum atomic E-state index is 12.9. The summed E-state index contributed by atoms with van der Waals surface area (Å²) in [6.07, 6.45) is -1.01. The summed E-state index contributed by atoms with van der Waals surface area (Å²) >= 11 is 0. The van der Waals surface area contributed by atoms with Crippen molar-refractivity contribution in [2.24, 2.45) is 0 Å². The SMILES string of the molecule is CC1(C)OCC(c2cc(C(C)(C)C)cc(Cc3cc(C(C)(C)C)cc(C4OC(C)(C)OC45c4cc(C(C)(C)C)cc(c4O)Cc4cc(C(C)(C)C)cc5c4O)c3O)c2O)O1. The van der Waals surface area contributed by atoms with Gasteiger partial charge in [-0.25, -0.2) is 0 Å². The first-order valence-electron chi connectivity index (χ1n) is 21.5. The van der Waals surface area contributed by atoms with Crippen molar-refractivity contribution in [2.75, 3.05) is 6.61 Å². The molecule has 7 rings (SSSR count). The normalized spacial score (nSPS) is 21.0. The van der Waals surface area contributed by atoms with Crippen LogP contribution >= 0.6 is 0 Å². The van der Waals surface area contributed by atoms with E-state index in [2.05, 4.69) is 83.1 Å². The minimum Gasteiger partial charge on any atom is -0.507 e. The Balaban J connectivity index is 1.53. The largest absolute Gasteiger partial charge is 0.507 e. The van der Waals surface area contributed by atoms with E-state index in [4.69, 9.17) is 18.9 Å². The van der Waals surface area contributed by atoms with E-state index in [1.807, 2.05) is 76.2 Å². The average Bonchev–Trinajstić information content (AvgIpc) is 3.60. The first-order chi connectivity index (χ1) is 27.3. The highest BCUT2D eigenvalue weighted by Gasteiger charge is 2.60. The zero-order valence-corrected chi connectivity index (χ0v) is 38.8. The average molecular weight is 821 g/mol. The van der Waals surface area contributed by atoms with Gasteiger partial charge in [-0.15, -0.1) is 0 Å². The van der Waals surface area contributed by atoms with Crippen LogP contribution in [0.3, 0.4) is 0 Å². The topological polar surface area (TPSA) is 118 Å². The van der Waals surface area contributed by atoms with Crippen LogP contribution in [-0.2, 0) is 59.1 Å². The molecule has 4 bridgehead atoms. The second-order valence-electron chi connectivity index (χ2n) is 22.6. The van der Waals surface area contributed by atoms with Gasteiger partial charge in [0.1, 0.15) is 35.2 Å². The van der Waals surface area contributed by atoms with Gasteiger partial charge in [-0.2, -0.15) is 0 Å². The second kappa shape index (κ2) is 14.0. The summed E-state index contributed by atoms with van der Waals surface area (Å²) in [5.74, 6) is -1.81. The number of fused-ring (bicyclic) bond motifs is 6. The van der Waals surface area contributed by atoms with Crippen molar-refractivity contribution in [1.82, 2.24) is 0 Å². The molecule has 2 atom stereocenters. The van der Waals surface area contributed by atoms with Gasteiger partial charge in [0, 0.05) is 35.1 Å². The second-order valence-corrected chi connectivity index (χ2v) is 22.6. The molecule has 2 saturated heterocycles. The predicted octanol–water partition coefficient (Wildman–Crippen LogP) is 11.8. The van der Waals surface area contributed by atoms with Gasteiger partial charge in [-0.1, -0.05) is 107 Å². The van der Waals surface area contributed by atoms with E-state index in [-0.39, 0.29) is 51.1 Å². The lowest BCUT2D eigenvalue weighted by Gasteiger charge is -2.40. The van der Waals surface area contributed by atoms with Crippen molar-refractivity contribution in [3.05, 3.63) is 115 Å². The van der Waals surface area contributed by atoms with Crippen molar-refractivity contribution in [3.63, 3.8) is 0 Å².